The summed E-state index contributed by atoms with van der Waals surface area (Å²) in [4.78, 5) is 30.6. The molecule has 1 aliphatic rings. The molecule has 29 heavy (non-hydrogen) atoms. The lowest BCUT2D eigenvalue weighted by atomic mass is 10.0. The minimum Gasteiger partial charge on any atom is -0.359 e. The van der Waals surface area contributed by atoms with Gasteiger partial charge < -0.3 is 15.6 Å². The zero-order valence-electron chi connectivity index (χ0n) is 16.6. The number of fused-ring (bicyclic) bond motifs is 1. The van der Waals surface area contributed by atoms with Gasteiger partial charge in [0.25, 0.3) is 0 Å². The Morgan fingerprint density at radius 2 is 1.90 bits per heavy atom. The van der Waals surface area contributed by atoms with E-state index in [1.807, 2.05) is 31.2 Å². The Morgan fingerprint density at radius 3 is 2.66 bits per heavy atom. The molecule has 0 spiro atoms. The number of nitrogens with one attached hydrogen (secondary N) is 3. The van der Waals surface area contributed by atoms with Crippen LogP contribution in [0.3, 0.4) is 0 Å². The Hall–Kier alpha value is -3.12. The summed E-state index contributed by atoms with van der Waals surface area (Å²) in [6, 6.07) is 15.9. The molecule has 1 saturated heterocycles. The van der Waals surface area contributed by atoms with E-state index in [4.69, 9.17) is 0 Å². The second-order valence-corrected chi connectivity index (χ2v) is 7.71. The van der Waals surface area contributed by atoms with Crippen LogP contribution in [0.4, 0.5) is 10.5 Å². The number of aromatic nitrogens is 1. The van der Waals surface area contributed by atoms with Crippen molar-refractivity contribution in [2.24, 2.45) is 0 Å². The molecule has 1 fully saturated rings. The van der Waals surface area contributed by atoms with Crippen LogP contribution in [0.2, 0.25) is 0 Å². The van der Waals surface area contributed by atoms with Crippen molar-refractivity contribution in [1.82, 2.24) is 15.2 Å². The topological polar surface area (TPSA) is 77.2 Å². The molecule has 0 bridgehead atoms. The van der Waals surface area contributed by atoms with Crippen LogP contribution in [0.25, 0.3) is 10.9 Å². The van der Waals surface area contributed by atoms with Crippen molar-refractivity contribution in [3.8, 4) is 0 Å². The monoisotopic (exact) mass is 390 g/mol. The molecule has 2 amide bonds. The molecule has 1 aromatic heterocycles. The summed E-state index contributed by atoms with van der Waals surface area (Å²) in [6.45, 7) is 4.76. The first-order valence-corrected chi connectivity index (χ1v) is 10.0. The molecule has 0 unspecified atom stereocenters. The molecule has 0 aliphatic carbocycles. The summed E-state index contributed by atoms with van der Waals surface area (Å²) in [6.07, 6.45) is 3.35. The van der Waals surface area contributed by atoms with Crippen LogP contribution in [-0.2, 0) is 6.54 Å². The number of hydrogen-bond acceptors (Lipinski definition) is 3. The molecule has 0 saturated carbocycles. The first-order valence-electron chi connectivity index (χ1n) is 10.0. The van der Waals surface area contributed by atoms with Gasteiger partial charge in [-0.25, -0.2) is 4.79 Å². The minimum absolute atomic E-state index is 0.115. The van der Waals surface area contributed by atoms with E-state index >= 15 is 0 Å². The van der Waals surface area contributed by atoms with E-state index in [0.29, 0.717) is 5.39 Å². The third kappa shape index (κ3) is 4.66. The molecule has 6 nitrogen and oxygen atoms in total. The number of carbonyl (C=O) groups is 1. The Labute approximate surface area is 169 Å². The number of H-pyrrole nitrogens is 1. The Morgan fingerprint density at radius 1 is 1.14 bits per heavy atom. The van der Waals surface area contributed by atoms with Gasteiger partial charge in [-0.3, -0.25) is 9.69 Å². The van der Waals surface area contributed by atoms with Gasteiger partial charge in [-0.1, -0.05) is 42.0 Å². The van der Waals surface area contributed by atoms with Gasteiger partial charge in [-0.2, -0.15) is 0 Å². The summed E-state index contributed by atoms with van der Waals surface area (Å²) in [5.41, 5.74) is 3.17. The van der Waals surface area contributed by atoms with Gasteiger partial charge in [0.2, 0.25) is 5.43 Å². The number of amides is 2. The Balaban J connectivity index is 1.32. The van der Waals surface area contributed by atoms with Gasteiger partial charge in [-0.05, 0) is 37.5 Å². The number of anilines is 1. The smallest absolute Gasteiger partial charge is 0.319 e. The summed E-state index contributed by atoms with van der Waals surface area (Å²) in [7, 11) is 0. The van der Waals surface area contributed by atoms with Crippen molar-refractivity contribution in [2.45, 2.75) is 32.4 Å². The number of aryl methyl sites for hydroxylation is 1. The lowest BCUT2D eigenvalue weighted by Gasteiger charge is -2.32. The predicted octanol–water partition coefficient (Wildman–Crippen LogP) is 3.62. The van der Waals surface area contributed by atoms with Gasteiger partial charge in [-0.15, -0.1) is 0 Å². The molecule has 0 radical (unpaired) electrons. The number of urea groups is 1. The van der Waals surface area contributed by atoms with Crippen LogP contribution in [0.1, 0.15) is 24.0 Å². The van der Waals surface area contributed by atoms with Crippen molar-refractivity contribution in [2.75, 3.05) is 18.4 Å². The molecule has 3 N–H and O–H groups in total. The fraction of sp³-hybridized carbons (Fsp3) is 0.304. The average Bonchev–Trinajstić information content (AvgIpc) is 2.73. The summed E-state index contributed by atoms with van der Waals surface area (Å²) in [5, 5.41) is 6.30. The largest absolute Gasteiger partial charge is 0.359 e. The minimum atomic E-state index is -0.330. The normalized spacial score (nSPS) is 15.3. The van der Waals surface area contributed by atoms with E-state index in [1.54, 1.807) is 6.20 Å². The van der Waals surface area contributed by atoms with Gasteiger partial charge in [0.05, 0.1) is 0 Å². The van der Waals surface area contributed by atoms with Crippen molar-refractivity contribution in [1.29, 1.82) is 0 Å². The third-order valence-corrected chi connectivity index (χ3v) is 5.46. The van der Waals surface area contributed by atoms with Crippen LogP contribution >= 0.6 is 0 Å². The molecule has 2 heterocycles. The van der Waals surface area contributed by atoms with Gasteiger partial charge in [0, 0.05) is 42.8 Å². The van der Waals surface area contributed by atoms with Crippen molar-refractivity contribution >= 4 is 22.6 Å². The summed E-state index contributed by atoms with van der Waals surface area (Å²) >= 11 is 0. The highest BCUT2D eigenvalue weighted by Crippen LogP contribution is 2.15. The Kier molecular flexibility index (Phi) is 5.62. The average molecular weight is 390 g/mol. The first kappa shape index (κ1) is 19.2. The zero-order valence-corrected chi connectivity index (χ0v) is 16.6. The van der Waals surface area contributed by atoms with Crippen LogP contribution in [0.15, 0.2) is 59.5 Å². The second-order valence-electron chi connectivity index (χ2n) is 7.71. The highest BCUT2D eigenvalue weighted by atomic mass is 16.2. The molecule has 150 valence electrons. The number of benzene rings is 2. The lowest BCUT2D eigenvalue weighted by molar-refractivity contribution is 0.190. The number of piperidine rings is 1. The molecule has 3 aromatic rings. The number of aromatic amines is 1. The standard InChI is InChI=1S/C23H26N4O2/c1-16-7-8-20-19(13-16)22(28)21(14-24-20)26-23(29)25-18-9-11-27(12-10-18)15-17-5-3-2-4-6-17/h2-8,13-14,18H,9-12,15H2,1H3,(H,24,28)(H2,25,26,29). The lowest BCUT2D eigenvalue weighted by Crippen LogP contribution is -2.46. The van der Waals surface area contributed by atoms with Crippen LogP contribution in [-0.4, -0.2) is 35.0 Å². The highest BCUT2D eigenvalue weighted by molar-refractivity contribution is 5.92. The molecule has 1 aliphatic heterocycles. The maximum absolute atomic E-state index is 12.7. The molecule has 4 rings (SSSR count). The van der Waals surface area contributed by atoms with E-state index < -0.39 is 0 Å². The molecular weight excluding hydrogens is 364 g/mol. The van der Waals surface area contributed by atoms with Crippen LogP contribution < -0.4 is 16.1 Å². The van der Waals surface area contributed by atoms with Crippen molar-refractivity contribution in [3.05, 3.63) is 76.1 Å². The van der Waals surface area contributed by atoms with Crippen LogP contribution in [0, 0.1) is 6.92 Å². The molecule has 6 heteroatoms. The van der Waals surface area contributed by atoms with E-state index in [9.17, 15) is 9.59 Å². The maximum Gasteiger partial charge on any atom is 0.319 e. The van der Waals surface area contributed by atoms with Crippen LogP contribution in [0.5, 0.6) is 0 Å². The van der Waals surface area contributed by atoms with Crippen molar-refractivity contribution in [3.63, 3.8) is 0 Å². The van der Waals surface area contributed by atoms with Gasteiger partial charge in [0.15, 0.2) is 0 Å². The highest BCUT2D eigenvalue weighted by Gasteiger charge is 2.21. The molecule has 0 atom stereocenters. The van der Waals surface area contributed by atoms with E-state index in [2.05, 4.69) is 44.8 Å². The molecule has 2 aromatic carbocycles. The second kappa shape index (κ2) is 8.49. The maximum atomic E-state index is 12.7. The first-order chi connectivity index (χ1) is 14.1. The summed E-state index contributed by atoms with van der Waals surface area (Å²) in [5.74, 6) is 0. The van der Waals surface area contributed by atoms with E-state index in [1.165, 1.54) is 5.56 Å². The van der Waals surface area contributed by atoms with Gasteiger partial charge >= 0.3 is 6.03 Å². The predicted molar refractivity (Wildman–Crippen MR) is 116 cm³/mol. The zero-order chi connectivity index (χ0) is 20.2. The summed E-state index contributed by atoms with van der Waals surface area (Å²) < 4.78 is 0. The van der Waals surface area contributed by atoms with E-state index in [0.717, 1.165) is 43.6 Å². The fourth-order valence-electron chi connectivity index (χ4n) is 3.85. The Bertz CT molecular complexity index is 1050. The fourth-order valence-corrected chi connectivity index (χ4v) is 3.85. The number of carbonyl (C=O) groups excluding carboxylic acids is 1. The number of rotatable bonds is 4. The number of hydrogen-bond donors (Lipinski definition) is 3. The van der Waals surface area contributed by atoms with Gasteiger partial charge in [0.1, 0.15) is 5.69 Å². The SMILES string of the molecule is Cc1ccc2[nH]cc(NC(=O)NC3CCN(Cc4ccccc4)CC3)c(=O)c2c1. The number of likely N-dealkylation sites (tertiary alicyclic amines) is 1. The van der Waals surface area contributed by atoms with E-state index in [-0.39, 0.29) is 23.2 Å². The quantitative estimate of drug-likeness (QED) is 0.637. The number of pyridine rings is 1. The molecular formula is C23H26N4O2. The van der Waals surface area contributed by atoms with Crippen molar-refractivity contribution < 1.29 is 4.79 Å². The number of nitrogens with zero attached hydrogens (tertiary/aromatic N) is 1. The third-order valence-electron chi connectivity index (χ3n) is 5.46.